The van der Waals surface area contributed by atoms with Crippen molar-refractivity contribution in [3.8, 4) is 11.5 Å². The highest BCUT2D eigenvalue weighted by Gasteiger charge is 2.47. The van der Waals surface area contributed by atoms with Crippen LogP contribution in [0.3, 0.4) is 0 Å². The van der Waals surface area contributed by atoms with Crippen LogP contribution >= 0.6 is 0 Å². The highest BCUT2D eigenvalue weighted by Crippen LogP contribution is 2.43. The largest absolute Gasteiger partial charge is 0.508 e. The number of amides is 1. The van der Waals surface area contributed by atoms with Crippen LogP contribution in [0, 0.1) is 0 Å². The predicted molar refractivity (Wildman–Crippen MR) is 141 cm³/mol. The van der Waals surface area contributed by atoms with Crippen molar-refractivity contribution in [1.29, 1.82) is 0 Å². The van der Waals surface area contributed by atoms with Crippen LogP contribution in [-0.4, -0.2) is 41.6 Å². The van der Waals surface area contributed by atoms with Crippen LogP contribution in [0.15, 0.2) is 78.4 Å². The van der Waals surface area contributed by atoms with Gasteiger partial charge in [0.05, 0.1) is 18.2 Å². The van der Waals surface area contributed by atoms with E-state index in [2.05, 4.69) is 18.7 Å². The van der Waals surface area contributed by atoms with Crippen LogP contribution in [0.1, 0.15) is 37.9 Å². The fourth-order valence-corrected chi connectivity index (χ4v) is 4.55. The van der Waals surface area contributed by atoms with Gasteiger partial charge >= 0.3 is 0 Å². The lowest BCUT2D eigenvalue weighted by Crippen LogP contribution is -2.29. The molecule has 7 nitrogen and oxygen atoms in total. The van der Waals surface area contributed by atoms with E-state index in [1.807, 2.05) is 19.1 Å². The third kappa shape index (κ3) is 4.64. The van der Waals surface area contributed by atoms with Crippen molar-refractivity contribution in [2.24, 2.45) is 0 Å². The van der Waals surface area contributed by atoms with Crippen molar-refractivity contribution in [3.63, 3.8) is 0 Å². The maximum atomic E-state index is 13.3. The van der Waals surface area contributed by atoms with Crippen molar-refractivity contribution in [2.45, 2.75) is 26.8 Å². The zero-order chi connectivity index (χ0) is 25.8. The molecule has 7 heteroatoms. The van der Waals surface area contributed by atoms with E-state index in [0.717, 1.165) is 18.8 Å². The third-order valence-corrected chi connectivity index (χ3v) is 6.33. The van der Waals surface area contributed by atoms with Crippen LogP contribution in [0.4, 0.5) is 11.4 Å². The van der Waals surface area contributed by atoms with Gasteiger partial charge in [-0.15, -0.1) is 0 Å². The SMILES string of the molecule is CCOc1ccc(/C(O)=C2/C(=O)C(=O)N(c3ccc(N(CC)CC)cc3)C2c2cccc(O)c2)cc1. The lowest BCUT2D eigenvalue weighted by atomic mass is 9.95. The number of rotatable bonds is 8. The average Bonchev–Trinajstić information content (AvgIpc) is 3.16. The van der Waals surface area contributed by atoms with E-state index in [4.69, 9.17) is 4.74 Å². The molecule has 1 saturated heterocycles. The molecule has 4 rings (SSSR count). The number of benzene rings is 3. The lowest BCUT2D eigenvalue weighted by molar-refractivity contribution is -0.132. The van der Waals surface area contributed by atoms with Crippen LogP contribution in [0.25, 0.3) is 5.76 Å². The van der Waals surface area contributed by atoms with Crippen molar-refractivity contribution in [2.75, 3.05) is 29.5 Å². The maximum absolute atomic E-state index is 13.3. The summed E-state index contributed by atoms with van der Waals surface area (Å²) in [6, 6.07) is 19.6. The minimum absolute atomic E-state index is 0.00367. The average molecular weight is 487 g/mol. The predicted octanol–water partition coefficient (Wildman–Crippen LogP) is 5.26. The Morgan fingerprint density at radius 2 is 1.61 bits per heavy atom. The lowest BCUT2D eigenvalue weighted by Gasteiger charge is -2.27. The number of ketones is 1. The Kier molecular flexibility index (Phi) is 7.29. The Morgan fingerprint density at radius 1 is 0.944 bits per heavy atom. The number of aliphatic hydroxyl groups excluding tert-OH is 1. The normalized spacial score (nSPS) is 16.9. The Morgan fingerprint density at radius 3 is 2.19 bits per heavy atom. The second-order valence-electron chi connectivity index (χ2n) is 8.41. The summed E-state index contributed by atoms with van der Waals surface area (Å²) in [7, 11) is 0. The summed E-state index contributed by atoms with van der Waals surface area (Å²) in [5.74, 6) is -1.19. The molecule has 2 N–H and O–H groups in total. The number of carbonyl (C=O) groups is 2. The summed E-state index contributed by atoms with van der Waals surface area (Å²) < 4.78 is 5.47. The Labute approximate surface area is 210 Å². The fourth-order valence-electron chi connectivity index (χ4n) is 4.55. The fraction of sp³-hybridized carbons (Fsp3) is 0.241. The molecule has 3 aromatic rings. The molecule has 1 amide bonds. The van der Waals surface area contributed by atoms with Gasteiger partial charge in [0.25, 0.3) is 11.7 Å². The summed E-state index contributed by atoms with van der Waals surface area (Å²) in [5.41, 5.74) is 2.38. The van der Waals surface area contributed by atoms with Crippen LogP contribution in [0.2, 0.25) is 0 Å². The first-order valence-corrected chi connectivity index (χ1v) is 12.1. The van der Waals surface area contributed by atoms with Gasteiger partial charge in [-0.05, 0) is 87.0 Å². The van der Waals surface area contributed by atoms with E-state index in [9.17, 15) is 19.8 Å². The van der Waals surface area contributed by atoms with Crippen LogP contribution in [0.5, 0.6) is 11.5 Å². The molecule has 186 valence electrons. The first-order chi connectivity index (χ1) is 17.4. The van der Waals surface area contributed by atoms with E-state index in [0.29, 0.717) is 29.2 Å². The molecule has 36 heavy (non-hydrogen) atoms. The number of aromatic hydroxyl groups is 1. The van der Waals surface area contributed by atoms with E-state index in [-0.39, 0.29) is 17.1 Å². The number of anilines is 2. The second kappa shape index (κ2) is 10.6. The molecule has 0 aromatic heterocycles. The first kappa shape index (κ1) is 24.9. The van der Waals surface area contributed by atoms with Crippen molar-refractivity contribution in [3.05, 3.63) is 89.5 Å². The minimum Gasteiger partial charge on any atom is -0.508 e. The number of nitrogens with zero attached hydrogens (tertiary/aromatic N) is 2. The van der Waals surface area contributed by atoms with Crippen molar-refractivity contribution < 1.29 is 24.5 Å². The molecular weight excluding hydrogens is 456 g/mol. The Bertz CT molecular complexity index is 1280. The topological polar surface area (TPSA) is 90.3 Å². The highest BCUT2D eigenvalue weighted by molar-refractivity contribution is 6.51. The summed E-state index contributed by atoms with van der Waals surface area (Å²) in [6.07, 6.45) is 0. The molecule has 0 spiro atoms. The number of hydrogen-bond donors (Lipinski definition) is 2. The smallest absolute Gasteiger partial charge is 0.300 e. The molecule has 1 unspecified atom stereocenters. The molecule has 1 aliphatic heterocycles. The van der Waals surface area contributed by atoms with Gasteiger partial charge in [-0.25, -0.2) is 0 Å². The summed E-state index contributed by atoms with van der Waals surface area (Å²) in [4.78, 5) is 30.2. The summed E-state index contributed by atoms with van der Waals surface area (Å²) >= 11 is 0. The van der Waals surface area contributed by atoms with Crippen molar-refractivity contribution in [1.82, 2.24) is 0 Å². The molecular formula is C29H30N2O5. The second-order valence-corrected chi connectivity index (χ2v) is 8.41. The van der Waals surface area contributed by atoms with Crippen LogP contribution < -0.4 is 14.5 Å². The Balaban J connectivity index is 1.84. The number of phenolic OH excluding ortho intramolecular Hbond substituents is 1. The Hall–Kier alpha value is -4.26. The van der Waals surface area contributed by atoms with Gasteiger partial charge in [0.15, 0.2) is 0 Å². The van der Waals surface area contributed by atoms with Crippen LogP contribution in [-0.2, 0) is 9.59 Å². The number of hydrogen-bond acceptors (Lipinski definition) is 6. The molecule has 0 aliphatic carbocycles. The maximum Gasteiger partial charge on any atom is 0.300 e. The van der Waals surface area contributed by atoms with E-state index in [1.165, 1.54) is 17.0 Å². The van der Waals surface area contributed by atoms with E-state index < -0.39 is 17.7 Å². The van der Waals surface area contributed by atoms with Gasteiger partial charge in [-0.3, -0.25) is 14.5 Å². The standard InChI is InChI=1S/C29H30N2O5/c1-4-30(5-2)21-12-14-22(15-13-21)31-26(20-8-7-9-23(32)18-20)25(28(34)29(31)35)27(33)19-10-16-24(17-11-19)36-6-3/h7-18,26,32-33H,4-6H2,1-3H3/b27-25-. The van der Waals surface area contributed by atoms with Gasteiger partial charge < -0.3 is 19.8 Å². The summed E-state index contributed by atoms with van der Waals surface area (Å²) in [5, 5.41) is 21.4. The zero-order valence-corrected chi connectivity index (χ0v) is 20.6. The van der Waals surface area contributed by atoms with Gasteiger partial charge in [-0.2, -0.15) is 0 Å². The first-order valence-electron chi connectivity index (χ1n) is 12.1. The van der Waals surface area contributed by atoms with Gasteiger partial charge in [0.1, 0.15) is 17.3 Å². The number of phenols is 1. The number of carbonyl (C=O) groups excluding carboxylic acids is 2. The number of aliphatic hydroxyl groups is 1. The van der Waals surface area contributed by atoms with Gasteiger partial charge in [0.2, 0.25) is 0 Å². The number of ether oxygens (including phenoxy) is 1. The monoisotopic (exact) mass is 486 g/mol. The van der Waals surface area contributed by atoms with E-state index >= 15 is 0 Å². The number of Topliss-reactive ketones (excluding diaryl/α,β-unsaturated/α-hetero) is 1. The molecule has 0 radical (unpaired) electrons. The molecule has 1 fully saturated rings. The zero-order valence-electron chi connectivity index (χ0n) is 20.6. The molecule has 1 atom stereocenters. The molecule has 1 aliphatic rings. The third-order valence-electron chi connectivity index (χ3n) is 6.33. The van der Waals surface area contributed by atoms with Gasteiger partial charge in [0, 0.05) is 30.0 Å². The quantitative estimate of drug-likeness (QED) is 0.256. The molecule has 3 aromatic carbocycles. The molecule has 0 saturated carbocycles. The summed E-state index contributed by atoms with van der Waals surface area (Å²) in [6.45, 7) is 8.19. The highest BCUT2D eigenvalue weighted by atomic mass is 16.5. The van der Waals surface area contributed by atoms with Crippen molar-refractivity contribution >= 4 is 28.8 Å². The minimum atomic E-state index is -0.914. The van der Waals surface area contributed by atoms with Gasteiger partial charge in [-0.1, -0.05) is 12.1 Å². The molecule has 1 heterocycles. The molecule has 0 bridgehead atoms. The van der Waals surface area contributed by atoms with E-state index in [1.54, 1.807) is 48.5 Å².